The van der Waals surface area contributed by atoms with Gasteiger partial charge in [0.1, 0.15) is 12.3 Å². The normalized spacial score (nSPS) is 13.9. The van der Waals surface area contributed by atoms with Gasteiger partial charge in [-0.15, -0.1) is 13.0 Å². The number of hydrogen-bond donors (Lipinski definition) is 0. The minimum Gasteiger partial charge on any atom is -0.490 e. The van der Waals surface area contributed by atoms with E-state index in [2.05, 4.69) is 12.5 Å². The Morgan fingerprint density at radius 1 is 1.06 bits per heavy atom. The molecule has 0 aliphatic carbocycles. The molecule has 0 unspecified atom stereocenters. The number of carbonyl (C=O) groups excluding carboxylic acids is 1. The van der Waals surface area contributed by atoms with Gasteiger partial charge in [0.15, 0.2) is 11.5 Å². The van der Waals surface area contributed by atoms with E-state index in [-0.39, 0.29) is 12.5 Å². The summed E-state index contributed by atoms with van der Waals surface area (Å²) in [6, 6.07) is 22.9. The summed E-state index contributed by atoms with van der Waals surface area (Å²) in [6.07, 6.45) is 9.60. The lowest BCUT2D eigenvalue weighted by Crippen LogP contribution is -2.21. The highest BCUT2D eigenvalue weighted by Gasteiger charge is 2.32. The molecule has 3 aromatic carbocycles. The molecule has 0 saturated heterocycles. The molecule has 1 aliphatic rings. The van der Waals surface area contributed by atoms with Crippen molar-refractivity contribution in [2.75, 3.05) is 18.2 Å². The van der Waals surface area contributed by atoms with Crippen molar-refractivity contribution in [1.29, 1.82) is 0 Å². The number of para-hydroxylation sites is 1. The van der Waals surface area contributed by atoms with Crippen molar-refractivity contribution in [2.24, 2.45) is 5.10 Å². The van der Waals surface area contributed by atoms with Gasteiger partial charge in [0, 0.05) is 11.1 Å². The fourth-order valence-electron chi connectivity index (χ4n) is 3.88. The molecule has 1 aliphatic heterocycles. The molecule has 0 bridgehead atoms. The van der Waals surface area contributed by atoms with Crippen LogP contribution in [0.4, 0.5) is 5.69 Å². The van der Waals surface area contributed by atoms with Gasteiger partial charge in [-0.3, -0.25) is 4.79 Å². The first-order chi connectivity index (χ1) is 17.2. The maximum Gasteiger partial charge on any atom is 0.281 e. The van der Waals surface area contributed by atoms with Crippen molar-refractivity contribution in [3.05, 3.63) is 108 Å². The van der Waals surface area contributed by atoms with Crippen LogP contribution in [0, 0.1) is 12.3 Å². The highest BCUT2D eigenvalue weighted by atomic mass is 16.5. The Hall–Kier alpha value is -4.56. The van der Waals surface area contributed by atoms with Gasteiger partial charge in [0.25, 0.3) is 5.91 Å². The van der Waals surface area contributed by atoms with Gasteiger partial charge in [0.2, 0.25) is 0 Å². The standard InChI is InChI=1S/C30H26N2O3/c1-4-13-24-19-22(21-27(34-6-3)29(24)35-18-5-2)20-26-28(23-14-9-7-10-15-23)31-32(30(26)33)25-16-11-8-12-17-25/h2,4,7-12,14-17,19-21H,1,6,13,18H2,3H3/b26-20-. The van der Waals surface area contributed by atoms with E-state index in [9.17, 15) is 4.79 Å². The van der Waals surface area contributed by atoms with Gasteiger partial charge in [-0.05, 0) is 49.2 Å². The maximum absolute atomic E-state index is 13.6. The fourth-order valence-corrected chi connectivity index (χ4v) is 3.88. The smallest absolute Gasteiger partial charge is 0.281 e. The molecular formula is C30H26N2O3. The van der Waals surface area contributed by atoms with Crippen LogP contribution in [-0.4, -0.2) is 24.8 Å². The SMILES string of the molecule is C#CCOc1c(CC=C)cc(/C=C2\C(=O)N(c3ccccc3)N=C2c2ccccc2)cc1OCC. The van der Waals surface area contributed by atoms with E-state index in [1.54, 1.807) is 6.08 Å². The van der Waals surface area contributed by atoms with Gasteiger partial charge in [-0.2, -0.15) is 10.1 Å². The first-order valence-corrected chi connectivity index (χ1v) is 11.4. The lowest BCUT2D eigenvalue weighted by molar-refractivity contribution is -0.114. The summed E-state index contributed by atoms with van der Waals surface area (Å²) in [5.74, 6) is 3.45. The molecule has 5 heteroatoms. The number of hydrazone groups is 1. The van der Waals surface area contributed by atoms with Crippen molar-refractivity contribution < 1.29 is 14.3 Å². The summed E-state index contributed by atoms with van der Waals surface area (Å²) in [4.78, 5) is 13.6. The second-order valence-electron chi connectivity index (χ2n) is 7.75. The minimum absolute atomic E-state index is 0.125. The summed E-state index contributed by atoms with van der Waals surface area (Å²) in [5, 5.41) is 6.14. The number of anilines is 1. The monoisotopic (exact) mass is 462 g/mol. The van der Waals surface area contributed by atoms with Gasteiger partial charge in [0.05, 0.1) is 17.9 Å². The van der Waals surface area contributed by atoms with Gasteiger partial charge < -0.3 is 9.47 Å². The number of carbonyl (C=O) groups is 1. The minimum atomic E-state index is -0.203. The number of amides is 1. The van der Waals surface area contributed by atoms with Crippen LogP contribution in [0.5, 0.6) is 11.5 Å². The number of allylic oxidation sites excluding steroid dienone is 1. The Labute approximate surface area is 206 Å². The summed E-state index contributed by atoms with van der Waals surface area (Å²) >= 11 is 0. The molecule has 0 radical (unpaired) electrons. The van der Waals surface area contributed by atoms with Crippen LogP contribution in [0.25, 0.3) is 6.08 Å². The highest BCUT2D eigenvalue weighted by Crippen LogP contribution is 2.36. The third-order valence-corrected chi connectivity index (χ3v) is 5.35. The Bertz CT molecular complexity index is 1320. The predicted molar refractivity (Wildman–Crippen MR) is 141 cm³/mol. The lowest BCUT2D eigenvalue weighted by Gasteiger charge is -2.16. The lowest BCUT2D eigenvalue weighted by atomic mass is 9.98. The van der Waals surface area contributed by atoms with Crippen molar-refractivity contribution >= 4 is 23.4 Å². The van der Waals surface area contributed by atoms with Crippen molar-refractivity contribution in [2.45, 2.75) is 13.3 Å². The number of hydrogen-bond acceptors (Lipinski definition) is 4. The maximum atomic E-state index is 13.6. The van der Waals surface area contributed by atoms with E-state index in [1.807, 2.05) is 85.8 Å². The highest BCUT2D eigenvalue weighted by molar-refractivity contribution is 6.37. The van der Waals surface area contributed by atoms with Gasteiger partial charge >= 0.3 is 0 Å². The van der Waals surface area contributed by atoms with E-state index >= 15 is 0 Å². The van der Waals surface area contributed by atoms with E-state index in [0.717, 1.165) is 16.7 Å². The first kappa shape index (κ1) is 23.6. The molecule has 5 nitrogen and oxygen atoms in total. The number of ether oxygens (including phenoxy) is 2. The molecule has 174 valence electrons. The number of rotatable bonds is 9. The summed E-state index contributed by atoms with van der Waals surface area (Å²) in [5.41, 5.74) is 4.32. The molecule has 0 atom stereocenters. The van der Waals surface area contributed by atoms with Crippen molar-refractivity contribution in [1.82, 2.24) is 0 Å². The zero-order valence-electron chi connectivity index (χ0n) is 19.6. The van der Waals surface area contributed by atoms with E-state index in [4.69, 9.17) is 21.0 Å². The number of nitrogens with zero attached hydrogens (tertiary/aromatic N) is 2. The topological polar surface area (TPSA) is 51.1 Å². The molecule has 0 fully saturated rings. The molecule has 3 aromatic rings. The molecule has 1 heterocycles. The van der Waals surface area contributed by atoms with Crippen LogP contribution in [0.2, 0.25) is 0 Å². The molecule has 4 rings (SSSR count). The van der Waals surface area contributed by atoms with Crippen LogP contribution in [0.15, 0.2) is 96.1 Å². The first-order valence-electron chi connectivity index (χ1n) is 11.4. The zero-order valence-corrected chi connectivity index (χ0v) is 19.6. The van der Waals surface area contributed by atoms with E-state index in [0.29, 0.717) is 41.5 Å². The number of benzene rings is 3. The van der Waals surface area contributed by atoms with Crippen LogP contribution in [-0.2, 0) is 11.2 Å². The molecule has 1 amide bonds. The van der Waals surface area contributed by atoms with Crippen LogP contribution >= 0.6 is 0 Å². The summed E-state index contributed by atoms with van der Waals surface area (Å²) in [7, 11) is 0. The van der Waals surface area contributed by atoms with E-state index < -0.39 is 0 Å². The Morgan fingerprint density at radius 2 is 1.77 bits per heavy atom. The quantitative estimate of drug-likeness (QED) is 0.234. The van der Waals surface area contributed by atoms with Crippen LogP contribution in [0.1, 0.15) is 23.6 Å². The average Bonchev–Trinajstić information content (AvgIpc) is 3.21. The molecule has 0 saturated carbocycles. The molecule has 35 heavy (non-hydrogen) atoms. The summed E-state index contributed by atoms with van der Waals surface area (Å²) in [6.45, 7) is 6.35. The third-order valence-electron chi connectivity index (χ3n) is 5.35. The predicted octanol–water partition coefficient (Wildman–Crippen LogP) is 5.66. The van der Waals surface area contributed by atoms with Gasteiger partial charge in [-0.25, -0.2) is 0 Å². The van der Waals surface area contributed by atoms with E-state index in [1.165, 1.54) is 5.01 Å². The molecular weight excluding hydrogens is 436 g/mol. The van der Waals surface area contributed by atoms with Crippen LogP contribution < -0.4 is 14.5 Å². The fraction of sp³-hybridized carbons (Fsp3) is 0.133. The van der Waals surface area contributed by atoms with Crippen LogP contribution in [0.3, 0.4) is 0 Å². The molecule has 0 N–H and O–H groups in total. The Kier molecular flexibility index (Phi) is 7.44. The third kappa shape index (κ3) is 5.18. The Morgan fingerprint density at radius 3 is 2.43 bits per heavy atom. The molecule has 0 aromatic heterocycles. The second kappa shape index (κ2) is 11.0. The number of terminal acetylenes is 1. The Balaban J connectivity index is 1.84. The van der Waals surface area contributed by atoms with Gasteiger partial charge in [-0.1, -0.05) is 60.5 Å². The second-order valence-corrected chi connectivity index (χ2v) is 7.75. The zero-order chi connectivity index (χ0) is 24.6. The average molecular weight is 463 g/mol. The molecule has 0 spiro atoms. The van der Waals surface area contributed by atoms with Crippen molar-refractivity contribution in [3.63, 3.8) is 0 Å². The largest absolute Gasteiger partial charge is 0.490 e. The summed E-state index contributed by atoms with van der Waals surface area (Å²) < 4.78 is 11.7. The van der Waals surface area contributed by atoms with Crippen molar-refractivity contribution in [3.8, 4) is 23.8 Å².